The molecule has 1 atom stereocenters. The third-order valence-corrected chi connectivity index (χ3v) is 3.55. The Morgan fingerprint density at radius 3 is 2.52 bits per heavy atom. The summed E-state index contributed by atoms with van der Waals surface area (Å²) >= 11 is 0. The molecule has 1 unspecified atom stereocenters. The van der Waals surface area contributed by atoms with Gasteiger partial charge in [0.15, 0.2) is 11.5 Å². The number of methoxy groups -OCH3 is 2. The number of amides is 1. The topological polar surface area (TPSA) is 73.6 Å². The third kappa shape index (κ3) is 4.39. The van der Waals surface area contributed by atoms with Gasteiger partial charge < -0.3 is 20.5 Å². The summed E-state index contributed by atoms with van der Waals surface area (Å²) in [5.41, 5.74) is 7.80. The van der Waals surface area contributed by atoms with E-state index in [1.54, 1.807) is 26.4 Å². The van der Waals surface area contributed by atoms with E-state index in [9.17, 15) is 4.79 Å². The predicted molar refractivity (Wildman–Crippen MR) is 91.3 cm³/mol. The Bertz CT molecular complexity index is 686. The number of carbonyl (C=O) groups is 1. The molecular weight excluding hydrogens is 292 g/mol. The van der Waals surface area contributed by atoms with Crippen LogP contribution in [0.1, 0.15) is 22.8 Å². The Morgan fingerprint density at radius 1 is 1.13 bits per heavy atom. The summed E-state index contributed by atoms with van der Waals surface area (Å²) in [5, 5.41) is 3.37. The fourth-order valence-electron chi connectivity index (χ4n) is 2.46. The van der Waals surface area contributed by atoms with Crippen molar-refractivity contribution in [3.05, 3.63) is 53.6 Å². The van der Waals surface area contributed by atoms with Gasteiger partial charge in [-0.1, -0.05) is 12.1 Å². The van der Waals surface area contributed by atoms with Crippen LogP contribution in [0.15, 0.2) is 42.5 Å². The molecular formula is C18H22N2O3. The Morgan fingerprint density at radius 2 is 1.87 bits per heavy atom. The van der Waals surface area contributed by atoms with E-state index in [1.807, 2.05) is 30.3 Å². The number of hydrogen-bond acceptors (Lipinski definition) is 4. The molecule has 0 bridgehead atoms. The maximum atomic E-state index is 11.2. The molecule has 0 radical (unpaired) electrons. The average Bonchev–Trinajstić information content (AvgIpc) is 2.54. The minimum absolute atomic E-state index is 0.177. The molecule has 5 heteroatoms. The summed E-state index contributed by atoms with van der Waals surface area (Å²) in [7, 11) is 3.24. The lowest BCUT2D eigenvalue weighted by Gasteiger charge is -2.17. The highest BCUT2D eigenvalue weighted by Crippen LogP contribution is 2.28. The van der Waals surface area contributed by atoms with Crippen LogP contribution in [0.25, 0.3) is 0 Å². The molecule has 5 nitrogen and oxygen atoms in total. The van der Waals surface area contributed by atoms with Gasteiger partial charge in [0.05, 0.1) is 14.2 Å². The van der Waals surface area contributed by atoms with E-state index in [0.29, 0.717) is 17.1 Å². The first-order valence-corrected chi connectivity index (χ1v) is 7.40. The van der Waals surface area contributed by atoms with E-state index in [4.69, 9.17) is 15.2 Å². The number of benzene rings is 2. The molecule has 0 heterocycles. The van der Waals surface area contributed by atoms with E-state index in [1.165, 1.54) is 0 Å². The average molecular weight is 314 g/mol. The van der Waals surface area contributed by atoms with Crippen LogP contribution in [0, 0.1) is 0 Å². The zero-order valence-electron chi connectivity index (χ0n) is 13.6. The van der Waals surface area contributed by atoms with Gasteiger partial charge in [-0.25, -0.2) is 0 Å². The van der Waals surface area contributed by atoms with Crippen molar-refractivity contribution >= 4 is 11.6 Å². The molecule has 0 aliphatic rings. The van der Waals surface area contributed by atoms with E-state index < -0.39 is 5.91 Å². The van der Waals surface area contributed by atoms with Crippen molar-refractivity contribution in [2.24, 2.45) is 5.73 Å². The normalized spacial score (nSPS) is 11.6. The standard InChI is InChI=1S/C18H22N2O3/c1-12(20-15-6-4-5-14(11-15)18(19)21)9-13-7-8-16(22-2)17(10-13)23-3/h4-8,10-12,20H,9H2,1-3H3,(H2,19,21). The molecule has 0 aromatic heterocycles. The van der Waals surface area contributed by atoms with Crippen LogP contribution in [0.2, 0.25) is 0 Å². The summed E-state index contributed by atoms with van der Waals surface area (Å²) in [5.74, 6) is 1.00. The first kappa shape index (κ1) is 16.7. The second-order valence-corrected chi connectivity index (χ2v) is 5.38. The number of ether oxygens (including phenoxy) is 2. The van der Waals surface area contributed by atoms with Crippen molar-refractivity contribution in [1.29, 1.82) is 0 Å². The van der Waals surface area contributed by atoms with Crippen molar-refractivity contribution in [1.82, 2.24) is 0 Å². The smallest absolute Gasteiger partial charge is 0.248 e. The second kappa shape index (κ2) is 7.54. The SMILES string of the molecule is COc1ccc(CC(C)Nc2cccc(C(N)=O)c2)cc1OC. The van der Waals surface area contributed by atoms with Crippen LogP contribution in [0.5, 0.6) is 11.5 Å². The van der Waals surface area contributed by atoms with Crippen molar-refractivity contribution in [3.63, 3.8) is 0 Å². The second-order valence-electron chi connectivity index (χ2n) is 5.38. The van der Waals surface area contributed by atoms with Crippen LogP contribution >= 0.6 is 0 Å². The molecule has 2 rings (SSSR count). The van der Waals surface area contributed by atoms with E-state index in [0.717, 1.165) is 17.7 Å². The quantitative estimate of drug-likeness (QED) is 0.824. The van der Waals surface area contributed by atoms with Crippen LogP contribution in [-0.4, -0.2) is 26.2 Å². The predicted octanol–water partition coefficient (Wildman–Crippen LogP) is 2.85. The first-order chi connectivity index (χ1) is 11.0. The van der Waals surface area contributed by atoms with Crippen LogP contribution in [0.3, 0.4) is 0 Å². The zero-order valence-corrected chi connectivity index (χ0v) is 13.6. The minimum Gasteiger partial charge on any atom is -0.493 e. The molecule has 0 saturated carbocycles. The molecule has 0 aliphatic heterocycles. The highest BCUT2D eigenvalue weighted by molar-refractivity contribution is 5.93. The summed E-state index contributed by atoms with van der Waals surface area (Å²) in [4.78, 5) is 11.2. The van der Waals surface area contributed by atoms with Gasteiger partial charge in [0.25, 0.3) is 0 Å². The Balaban J connectivity index is 2.06. The lowest BCUT2D eigenvalue weighted by molar-refractivity contribution is 0.100. The van der Waals surface area contributed by atoms with Crippen molar-refractivity contribution in [3.8, 4) is 11.5 Å². The summed E-state index contributed by atoms with van der Waals surface area (Å²) in [6, 6.07) is 13.2. The number of nitrogens with two attached hydrogens (primary N) is 1. The Kier molecular flexibility index (Phi) is 5.46. The fourth-order valence-corrected chi connectivity index (χ4v) is 2.46. The fraction of sp³-hybridized carbons (Fsp3) is 0.278. The number of hydrogen-bond donors (Lipinski definition) is 2. The van der Waals surface area contributed by atoms with Gasteiger partial charge in [-0.3, -0.25) is 4.79 Å². The number of carbonyl (C=O) groups excluding carboxylic acids is 1. The van der Waals surface area contributed by atoms with Crippen molar-refractivity contribution in [2.75, 3.05) is 19.5 Å². The van der Waals surface area contributed by atoms with Gasteiger partial charge in [0.2, 0.25) is 5.91 Å². The lowest BCUT2D eigenvalue weighted by Crippen LogP contribution is -2.19. The van der Waals surface area contributed by atoms with Gasteiger partial charge in [0, 0.05) is 17.3 Å². The largest absolute Gasteiger partial charge is 0.493 e. The molecule has 0 spiro atoms. The number of primary amides is 1. The monoisotopic (exact) mass is 314 g/mol. The number of rotatable bonds is 7. The summed E-state index contributed by atoms with van der Waals surface area (Å²) in [6.45, 7) is 2.08. The van der Waals surface area contributed by atoms with Crippen LogP contribution in [-0.2, 0) is 6.42 Å². The van der Waals surface area contributed by atoms with Crippen molar-refractivity contribution in [2.45, 2.75) is 19.4 Å². The molecule has 0 fully saturated rings. The molecule has 2 aromatic carbocycles. The molecule has 122 valence electrons. The number of anilines is 1. The maximum absolute atomic E-state index is 11.2. The van der Waals surface area contributed by atoms with Gasteiger partial charge >= 0.3 is 0 Å². The van der Waals surface area contributed by atoms with E-state index in [-0.39, 0.29) is 6.04 Å². The first-order valence-electron chi connectivity index (χ1n) is 7.40. The van der Waals surface area contributed by atoms with E-state index >= 15 is 0 Å². The summed E-state index contributed by atoms with van der Waals surface area (Å²) < 4.78 is 10.6. The molecule has 3 N–H and O–H groups in total. The molecule has 0 saturated heterocycles. The molecule has 23 heavy (non-hydrogen) atoms. The zero-order chi connectivity index (χ0) is 16.8. The van der Waals surface area contributed by atoms with Crippen LogP contribution in [0.4, 0.5) is 5.69 Å². The van der Waals surface area contributed by atoms with Gasteiger partial charge in [-0.2, -0.15) is 0 Å². The van der Waals surface area contributed by atoms with Crippen molar-refractivity contribution < 1.29 is 14.3 Å². The number of nitrogens with one attached hydrogen (secondary N) is 1. The molecule has 0 aliphatic carbocycles. The van der Waals surface area contributed by atoms with E-state index in [2.05, 4.69) is 12.2 Å². The van der Waals surface area contributed by atoms with Gasteiger partial charge in [0.1, 0.15) is 0 Å². The maximum Gasteiger partial charge on any atom is 0.248 e. The third-order valence-electron chi connectivity index (χ3n) is 3.55. The Hall–Kier alpha value is -2.69. The van der Waals surface area contributed by atoms with Gasteiger partial charge in [-0.05, 0) is 49.2 Å². The Labute approximate surface area is 136 Å². The minimum atomic E-state index is -0.429. The van der Waals surface area contributed by atoms with Crippen LogP contribution < -0.4 is 20.5 Å². The lowest BCUT2D eigenvalue weighted by atomic mass is 10.1. The summed E-state index contributed by atoms with van der Waals surface area (Å²) in [6.07, 6.45) is 0.807. The highest BCUT2D eigenvalue weighted by atomic mass is 16.5. The highest BCUT2D eigenvalue weighted by Gasteiger charge is 2.09. The molecule has 1 amide bonds. The van der Waals surface area contributed by atoms with Gasteiger partial charge in [-0.15, -0.1) is 0 Å². The molecule has 2 aromatic rings.